The lowest BCUT2D eigenvalue weighted by molar-refractivity contribution is -0.127. The summed E-state index contributed by atoms with van der Waals surface area (Å²) < 4.78 is 1.73. The number of phenols is 1. The Labute approximate surface area is 151 Å². The van der Waals surface area contributed by atoms with E-state index in [1.165, 1.54) is 4.90 Å². The number of hydrogen-bond donors (Lipinski definition) is 2. The van der Waals surface area contributed by atoms with Crippen LogP contribution in [0, 0.1) is 0 Å². The van der Waals surface area contributed by atoms with Crippen LogP contribution in [0.1, 0.15) is 37.6 Å². The molecule has 1 aliphatic heterocycles. The third kappa shape index (κ3) is 4.01. The summed E-state index contributed by atoms with van der Waals surface area (Å²) in [6.07, 6.45) is 3.45. The minimum absolute atomic E-state index is 0.194. The molecule has 0 spiro atoms. The number of aryl methyl sites for hydroxylation is 1. The number of rotatable bonds is 7. The van der Waals surface area contributed by atoms with Crippen LogP contribution in [0.5, 0.6) is 5.75 Å². The molecule has 138 valence electrons. The Morgan fingerprint density at radius 3 is 2.81 bits per heavy atom. The van der Waals surface area contributed by atoms with Crippen LogP contribution in [0.25, 0.3) is 0 Å². The topological polar surface area (TPSA) is 100 Å². The fraction of sp³-hybridized carbons (Fsp3) is 0.444. The predicted octanol–water partition coefficient (Wildman–Crippen LogP) is 1.66. The number of phenolic OH excluding ortho intramolecular Hbond substituents is 1. The molecule has 1 aliphatic rings. The maximum atomic E-state index is 12.5. The summed E-state index contributed by atoms with van der Waals surface area (Å²) in [4.78, 5) is 25.9. The maximum Gasteiger partial charge on any atom is 0.324 e. The first kappa shape index (κ1) is 17.9. The average molecular weight is 357 g/mol. The summed E-state index contributed by atoms with van der Waals surface area (Å²) in [7, 11) is 0. The molecular formula is C18H23N5O3. The van der Waals surface area contributed by atoms with Crippen LogP contribution in [-0.4, -0.2) is 49.5 Å². The molecule has 8 heteroatoms. The van der Waals surface area contributed by atoms with E-state index in [0.717, 1.165) is 5.56 Å². The zero-order valence-corrected chi connectivity index (χ0v) is 14.9. The van der Waals surface area contributed by atoms with Gasteiger partial charge in [-0.3, -0.25) is 9.69 Å². The molecule has 0 aliphatic carbocycles. The SMILES string of the molecule is CC(C)n1cc(CC2NC(=O)N(CCCc3cccc(O)c3)C2=O)nn1. The number of imide groups is 1. The molecule has 0 bridgehead atoms. The van der Waals surface area contributed by atoms with Crippen LogP contribution in [-0.2, 0) is 17.6 Å². The zero-order valence-electron chi connectivity index (χ0n) is 14.9. The van der Waals surface area contributed by atoms with E-state index in [0.29, 0.717) is 31.5 Å². The summed E-state index contributed by atoms with van der Waals surface area (Å²) in [6.45, 7) is 4.33. The number of hydrogen-bond acceptors (Lipinski definition) is 5. The molecule has 0 saturated carbocycles. The van der Waals surface area contributed by atoms with Gasteiger partial charge in [-0.2, -0.15) is 0 Å². The molecule has 1 unspecified atom stereocenters. The van der Waals surface area contributed by atoms with Crippen molar-refractivity contribution >= 4 is 11.9 Å². The predicted molar refractivity (Wildman–Crippen MR) is 94.6 cm³/mol. The Morgan fingerprint density at radius 1 is 1.31 bits per heavy atom. The van der Waals surface area contributed by atoms with E-state index in [-0.39, 0.29) is 23.7 Å². The van der Waals surface area contributed by atoms with Gasteiger partial charge in [0.2, 0.25) is 0 Å². The van der Waals surface area contributed by atoms with E-state index in [2.05, 4.69) is 15.6 Å². The van der Waals surface area contributed by atoms with Crippen molar-refractivity contribution < 1.29 is 14.7 Å². The summed E-state index contributed by atoms with van der Waals surface area (Å²) in [5.41, 5.74) is 1.65. The van der Waals surface area contributed by atoms with E-state index < -0.39 is 6.04 Å². The van der Waals surface area contributed by atoms with Gasteiger partial charge in [0, 0.05) is 25.2 Å². The van der Waals surface area contributed by atoms with Crippen LogP contribution in [0.2, 0.25) is 0 Å². The van der Waals surface area contributed by atoms with Crippen molar-refractivity contribution in [1.29, 1.82) is 0 Å². The largest absolute Gasteiger partial charge is 0.508 e. The molecule has 2 heterocycles. The molecule has 1 saturated heterocycles. The van der Waals surface area contributed by atoms with Crippen molar-refractivity contribution in [2.24, 2.45) is 0 Å². The summed E-state index contributed by atoms with van der Waals surface area (Å²) in [5.74, 6) is -0.0167. The number of urea groups is 1. The number of aromatic hydroxyl groups is 1. The van der Waals surface area contributed by atoms with Crippen LogP contribution in [0.3, 0.4) is 0 Å². The lowest BCUT2D eigenvalue weighted by Gasteiger charge is -2.12. The number of aromatic nitrogens is 3. The van der Waals surface area contributed by atoms with Gasteiger partial charge < -0.3 is 10.4 Å². The van der Waals surface area contributed by atoms with Crippen LogP contribution in [0.4, 0.5) is 4.79 Å². The fourth-order valence-corrected chi connectivity index (χ4v) is 2.95. The highest BCUT2D eigenvalue weighted by molar-refractivity contribution is 6.04. The Balaban J connectivity index is 1.54. The highest BCUT2D eigenvalue weighted by Crippen LogP contribution is 2.15. The van der Waals surface area contributed by atoms with Crippen molar-refractivity contribution in [2.45, 2.75) is 45.2 Å². The molecule has 2 N–H and O–H groups in total. The van der Waals surface area contributed by atoms with Crippen molar-refractivity contribution in [3.05, 3.63) is 41.7 Å². The van der Waals surface area contributed by atoms with Gasteiger partial charge in [0.25, 0.3) is 5.91 Å². The molecule has 3 rings (SSSR count). The standard InChI is InChI=1S/C18H23N5O3/c1-12(2)23-11-14(20-21-23)10-16-17(25)22(18(26)19-16)8-4-6-13-5-3-7-15(24)9-13/h3,5,7,9,11-12,16,24H,4,6,8,10H2,1-2H3,(H,19,26). The minimum atomic E-state index is -0.597. The highest BCUT2D eigenvalue weighted by atomic mass is 16.3. The van der Waals surface area contributed by atoms with Crippen LogP contribution < -0.4 is 5.32 Å². The van der Waals surface area contributed by atoms with E-state index in [9.17, 15) is 14.7 Å². The van der Waals surface area contributed by atoms with Crippen molar-refractivity contribution in [3.63, 3.8) is 0 Å². The maximum absolute atomic E-state index is 12.5. The molecule has 1 fully saturated rings. The Bertz CT molecular complexity index is 802. The lowest BCUT2D eigenvalue weighted by atomic mass is 10.1. The van der Waals surface area contributed by atoms with Gasteiger partial charge in [-0.05, 0) is 44.4 Å². The van der Waals surface area contributed by atoms with E-state index >= 15 is 0 Å². The molecule has 1 aromatic heterocycles. The molecule has 26 heavy (non-hydrogen) atoms. The van der Waals surface area contributed by atoms with E-state index in [1.807, 2.05) is 19.9 Å². The molecule has 0 radical (unpaired) electrons. The Morgan fingerprint density at radius 2 is 2.12 bits per heavy atom. The van der Waals surface area contributed by atoms with Crippen LogP contribution >= 0.6 is 0 Å². The number of amides is 3. The number of benzene rings is 1. The van der Waals surface area contributed by atoms with Crippen molar-refractivity contribution in [3.8, 4) is 5.75 Å². The third-order valence-electron chi connectivity index (χ3n) is 4.36. The number of carbonyl (C=O) groups excluding carboxylic acids is 2. The van der Waals surface area contributed by atoms with Gasteiger partial charge in [-0.25, -0.2) is 9.48 Å². The Hall–Kier alpha value is -2.90. The number of nitrogens with one attached hydrogen (secondary N) is 1. The van der Waals surface area contributed by atoms with Gasteiger partial charge in [0.15, 0.2) is 0 Å². The van der Waals surface area contributed by atoms with E-state index in [4.69, 9.17) is 0 Å². The smallest absolute Gasteiger partial charge is 0.324 e. The minimum Gasteiger partial charge on any atom is -0.508 e. The second-order valence-corrected chi connectivity index (χ2v) is 6.75. The normalized spacial score (nSPS) is 17.2. The summed E-state index contributed by atoms with van der Waals surface area (Å²) >= 11 is 0. The summed E-state index contributed by atoms with van der Waals surface area (Å²) in [6, 6.07) is 6.21. The monoisotopic (exact) mass is 357 g/mol. The molecule has 1 atom stereocenters. The molecule has 8 nitrogen and oxygen atoms in total. The second-order valence-electron chi connectivity index (χ2n) is 6.75. The zero-order chi connectivity index (χ0) is 18.7. The van der Waals surface area contributed by atoms with Gasteiger partial charge in [-0.15, -0.1) is 5.10 Å². The quantitative estimate of drug-likeness (QED) is 0.734. The molecular weight excluding hydrogens is 334 g/mol. The molecule has 2 aromatic rings. The van der Waals surface area contributed by atoms with Gasteiger partial charge in [0.05, 0.1) is 5.69 Å². The van der Waals surface area contributed by atoms with Gasteiger partial charge >= 0.3 is 6.03 Å². The first-order chi connectivity index (χ1) is 12.4. The summed E-state index contributed by atoms with van der Waals surface area (Å²) in [5, 5.41) is 20.3. The third-order valence-corrected chi connectivity index (χ3v) is 4.36. The van der Waals surface area contributed by atoms with Gasteiger partial charge in [0.1, 0.15) is 11.8 Å². The first-order valence-corrected chi connectivity index (χ1v) is 8.74. The number of carbonyl (C=O) groups is 2. The average Bonchev–Trinajstić information content (AvgIpc) is 3.15. The lowest BCUT2D eigenvalue weighted by Crippen LogP contribution is -2.33. The van der Waals surface area contributed by atoms with Crippen molar-refractivity contribution in [1.82, 2.24) is 25.2 Å². The van der Waals surface area contributed by atoms with Crippen molar-refractivity contribution in [2.75, 3.05) is 6.54 Å². The number of nitrogens with zero attached hydrogens (tertiary/aromatic N) is 4. The second kappa shape index (κ2) is 7.55. The van der Waals surface area contributed by atoms with E-state index in [1.54, 1.807) is 29.1 Å². The molecule has 3 amide bonds. The molecule has 1 aromatic carbocycles. The van der Waals surface area contributed by atoms with Crippen LogP contribution in [0.15, 0.2) is 30.5 Å². The van der Waals surface area contributed by atoms with Gasteiger partial charge in [-0.1, -0.05) is 17.3 Å². The fourth-order valence-electron chi connectivity index (χ4n) is 2.95. The highest BCUT2D eigenvalue weighted by Gasteiger charge is 2.37. The first-order valence-electron chi connectivity index (χ1n) is 8.74. The Kier molecular flexibility index (Phi) is 5.20.